The Kier molecular flexibility index (Phi) is 3.31. The standard InChI is InChI=1S/C24H14BrN3/c25-19-7-2-1-6-16(19)15-11-12-17-18(14-15)24-27-20-8-3-4-9-21(20)28(24)22-10-5-13-26-23(17)22/h1-14H. The van der Waals surface area contributed by atoms with Gasteiger partial charge < -0.3 is 0 Å². The Hall–Kier alpha value is -3.24. The van der Waals surface area contributed by atoms with Crippen LogP contribution in [0.2, 0.25) is 0 Å². The van der Waals surface area contributed by atoms with Crippen LogP contribution in [0.15, 0.2) is 89.5 Å². The van der Waals surface area contributed by atoms with Crippen LogP contribution >= 0.6 is 15.9 Å². The van der Waals surface area contributed by atoms with Crippen molar-refractivity contribution in [2.75, 3.05) is 0 Å². The number of fused-ring (bicyclic) bond motifs is 8. The number of rotatable bonds is 1. The Morgan fingerprint density at radius 2 is 1.57 bits per heavy atom. The summed E-state index contributed by atoms with van der Waals surface area (Å²) < 4.78 is 3.31. The number of nitrogens with zero attached hydrogens (tertiary/aromatic N) is 3. The zero-order valence-electron chi connectivity index (χ0n) is 14.8. The Balaban J connectivity index is 1.84. The van der Waals surface area contributed by atoms with Crippen molar-refractivity contribution in [3.05, 3.63) is 89.5 Å². The van der Waals surface area contributed by atoms with Gasteiger partial charge in [-0.2, -0.15) is 0 Å². The van der Waals surface area contributed by atoms with E-state index in [1.807, 2.05) is 24.4 Å². The van der Waals surface area contributed by atoms with Gasteiger partial charge in [0.15, 0.2) is 0 Å². The molecule has 3 aromatic carbocycles. The molecular weight excluding hydrogens is 410 g/mol. The average molecular weight is 424 g/mol. The lowest BCUT2D eigenvalue weighted by molar-refractivity contribution is 1.29. The average Bonchev–Trinajstić information content (AvgIpc) is 3.14. The van der Waals surface area contributed by atoms with E-state index < -0.39 is 0 Å². The van der Waals surface area contributed by atoms with Crippen LogP contribution in [0.5, 0.6) is 0 Å². The van der Waals surface area contributed by atoms with Crippen LogP contribution in [0.4, 0.5) is 0 Å². The van der Waals surface area contributed by atoms with Gasteiger partial charge in [-0.3, -0.25) is 9.38 Å². The van der Waals surface area contributed by atoms with Gasteiger partial charge in [-0.1, -0.05) is 58.4 Å². The summed E-state index contributed by atoms with van der Waals surface area (Å²) in [6, 6.07) is 27.2. The van der Waals surface area contributed by atoms with E-state index in [-0.39, 0.29) is 0 Å². The van der Waals surface area contributed by atoms with E-state index in [0.29, 0.717) is 0 Å². The van der Waals surface area contributed by atoms with Crippen LogP contribution in [0.3, 0.4) is 0 Å². The van der Waals surface area contributed by atoms with Crippen molar-refractivity contribution < 1.29 is 0 Å². The Morgan fingerprint density at radius 3 is 2.50 bits per heavy atom. The number of para-hydroxylation sites is 2. The number of hydrogen-bond acceptors (Lipinski definition) is 2. The van der Waals surface area contributed by atoms with Gasteiger partial charge in [-0.25, -0.2) is 4.98 Å². The summed E-state index contributed by atoms with van der Waals surface area (Å²) >= 11 is 3.68. The summed E-state index contributed by atoms with van der Waals surface area (Å²) in [5.74, 6) is 0. The van der Waals surface area contributed by atoms with Gasteiger partial charge in [0.2, 0.25) is 0 Å². The van der Waals surface area contributed by atoms with Gasteiger partial charge in [-0.15, -0.1) is 0 Å². The molecule has 0 spiro atoms. The van der Waals surface area contributed by atoms with E-state index >= 15 is 0 Å². The van der Waals surface area contributed by atoms with Gasteiger partial charge in [0.05, 0.1) is 22.1 Å². The highest BCUT2D eigenvalue weighted by Crippen LogP contribution is 2.35. The molecule has 0 aliphatic rings. The Morgan fingerprint density at radius 1 is 0.750 bits per heavy atom. The van der Waals surface area contributed by atoms with Crippen molar-refractivity contribution >= 4 is 54.4 Å². The fourth-order valence-electron chi connectivity index (χ4n) is 4.03. The van der Waals surface area contributed by atoms with Gasteiger partial charge in [-0.05, 0) is 47.5 Å². The summed E-state index contributed by atoms with van der Waals surface area (Å²) in [6.07, 6.45) is 1.86. The van der Waals surface area contributed by atoms with E-state index in [1.165, 1.54) is 5.56 Å². The van der Waals surface area contributed by atoms with Gasteiger partial charge in [0.25, 0.3) is 0 Å². The molecule has 3 aromatic heterocycles. The molecule has 4 heteroatoms. The molecule has 0 bridgehead atoms. The summed E-state index contributed by atoms with van der Waals surface area (Å²) in [5.41, 5.74) is 7.45. The first-order chi connectivity index (χ1) is 13.8. The lowest BCUT2D eigenvalue weighted by Gasteiger charge is -2.10. The van der Waals surface area contributed by atoms with Crippen molar-refractivity contribution in [2.24, 2.45) is 0 Å². The van der Waals surface area contributed by atoms with E-state index in [4.69, 9.17) is 9.97 Å². The molecular formula is C24H14BrN3. The topological polar surface area (TPSA) is 30.2 Å². The number of benzene rings is 3. The van der Waals surface area contributed by atoms with Crippen LogP contribution in [-0.4, -0.2) is 14.4 Å². The molecule has 0 N–H and O–H groups in total. The van der Waals surface area contributed by atoms with E-state index in [9.17, 15) is 0 Å². The number of pyridine rings is 2. The maximum Gasteiger partial charge on any atom is 0.146 e. The number of imidazole rings is 1. The highest BCUT2D eigenvalue weighted by molar-refractivity contribution is 9.10. The molecule has 0 aliphatic heterocycles. The van der Waals surface area contributed by atoms with E-state index in [1.54, 1.807) is 0 Å². The molecule has 0 saturated carbocycles. The second-order valence-corrected chi connectivity index (χ2v) is 7.73. The highest BCUT2D eigenvalue weighted by Gasteiger charge is 2.15. The predicted molar refractivity (Wildman–Crippen MR) is 119 cm³/mol. The molecule has 28 heavy (non-hydrogen) atoms. The fraction of sp³-hybridized carbons (Fsp3) is 0. The second-order valence-electron chi connectivity index (χ2n) is 6.87. The maximum absolute atomic E-state index is 4.97. The van der Waals surface area contributed by atoms with Gasteiger partial charge >= 0.3 is 0 Å². The van der Waals surface area contributed by atoms with Crippen LogP contribution in [0, 0.1) is 0 Å². The van der Waals surface area contributed by atoms with Crippen molar-refractivity contribution in [1.82, 2.24) is 14.4 Å². The third-order valence-electron chi connectivity index (χ3n) is 5.29. The third-order valence-corrected chi connectivity index (χ3v) is 5.98. The Labute approximate surface area is 169 Å². The maximum atomic E-state index is 4.97. The SMILES string of the molecule is Brc1ccccc1-c1ccc2c(c1)c1nc3ccccc3n1c1cccnc21. The van der Waals surface area contributed by atoms with Crippen molar-refractivity contribution in [3.8, 4) is 11.1 Å². The fourth-order valence-corrected chi connectivity index (χ4v) is 4.55. The second kappa shape index (κ2) is 5.88. The number of halogens is 1. The van der Waals surface area contributed by atoms with Crippen molar-refractivity contribution in [2.45, 2.75) is 0 Å². The third kappa shape index (κ3) is 2.15. The van der Waals surface area contributed by atoms with Gasteiger partial charge in [0, 0.05) is 21.4 Å². The summed E-state index contributed by atoms with van der Waals surface area (Å²) in [5, 5.41) is 2.23. The lowest BCUT2D eigenvalue weighted by atomic mass is 10.0. The number of aromatic nitrogens is 3. The monoisotopic (exact) mass is 423 g/mol. The molecule has 0 atom stereocenters. The summed E-state index contributed by atoms with van der Waals surface area (Å²) in [4.78, 5) is 9.68. The zero-order valence-corrected chi connectivity index (χ0v) is 16.4. The predicted octanol–water partition coefficient (Wildman–Crippen LogP) is 6.62. The molecule has 6 rings (SSSR count). The molecule has 0 saturated heterocycles. The highest BCUT2D eigenvalue weighted by atomic mass is 79.9. The van der Waals surface area contributed by atoms with Crippen LogP contribution in [0.1, 0.15) is 0 Å². The smallest absolute Gasteiger partial charge is 0.146 e. The molecule has 3 nitrogen and oxygen atoms in total. The summed E-state index contributed by atoms with van der Waals surface area (Å²) in [7, 11) is 0. The first-order valence-electron chi connectivity index (χ1n) is 9.14. The van der Waals surface area contributed by atoms with Gasteiger partial charge in [0.1, 0.15) is 5.65 Å². The first-order valence-corrected chi connectivity index (χ1v) is 9.93. The molecule has 0 unspecified atom stereocenters. The first kappa shape index (κ1) is 15.8. The normalized spacial score (nSPS) is 11.8. The van der Waals surface area contributed by atoms with Crippen LogP contribution in [-0.2, 0) is 0 Å². The van der Waals surface area contributed by atoms with Crippen LogP contribution in [0.25, 0.3) is 49.6 Å². The minimum atomic E-state index is 0.964. The molecule has 0 radical (unpaired) electrons. The molecule has 0 fully saturated rings. The minimum absolute atomic E-state index is 0.964. The van der Waals surface area contributed by atoms with Crippen molar-refractivity contribution in [3.63, 3.8) is 0 Å². The molecule has 0 amide bonds. The molecule has 6 aromatic rings. The van der Waals surface area contributed by atoms with Crippen LogP contribution < -0.4 is 0 Å². The number of hydrogen-bond donors (Lipinski definition) is 0. The Bertz CT molecular complexity index is 1530. The zero-order chi connectivity index (χ0) is 18.7. The minimum Gasteiger partial charge on any atom is -0.290 e. The van der Waals surface area contributed by atoms with Crippen molar-refractivity contribution in [1.29, 1.82) is 0 Å². The summed E-state index contributed by atoms with van der Waals surface area (Å²) in [6.45, 7) is 0. The lowest BCUT2D eigenvalue weighted by Crippen LogP contribution is -1.93. The largest absolute Gasteiger partial charge is 0.290 e. The molecule has 132 valence electrons. The molecule has 0 aliphatic carbocycles. The van der Waals surface area contributed by atoms with E-state index in [2.05, 4.69) is 81.0 Å². The van der Waals surface area contributed by atoms with E-state index in [0.717, 1.165) is 48.5 Å². The quantitative estimate of drug-likeness (QED) is 0.278. The molecule has 3 heterocycles.